The molecule has 0 aliphatic carbocycles. The number of unbranched alkanes of at least 4 members (excludes halogenated alkanes) is 12. The molecule has 2 nitrogen and oxygen atoms in total. The highest BCUT2D eigenvalue weighted by Gasteiger charge is 1.95. The van der Waals surface area contributed by atoms with E-state index in [2.05, 4.69) is 43.4 Å². The highest BCUT2D eigenvalue weighted by molar-refractivity contribution is 5.89. The number of carbonyl (C=O) groups is 2. The van der Waals surface area contributed by atoms with Crippen molar-refractivity contribution in [1.29, 1.82) is 0 Å². The van der Waals surface area contributed by atoms with Crippen LogP contribution in [0.2, 0.25) is 0 Å². The lowest BCUT2D eigenvalue weighted by atomic mass is 10.1. The molecule has 0 amide bonds. The smallest absolute Gasteiger partial charge is 0.155 e. The molecule has 0 unspecified atom stereocenters. The van der Waals surface area contributed by atoms with Gasteiger partial charge in [-0.1, -0.05) is 119 Å². The summed E-state index contributed by atoms with van der Waals surface area (Å²) in [6.07, 6.45) is 44.6. The van der Waals surface area contributed by atoms with Crippen LogP contribution >= 0.6 is 0 Å². The SMILES string of the molecule is CCCCCCCCCC=CC=CCCCCCC(=O)C=CC=CCCCC=CC=CCC=O. The lowest BCUT2D eigenvalue weighted by molar-refractivity contribution is -0.114. The van der Waals surface area contributed by atoms with E-state index in [1.165, 1.54) is 51.4 Å². The fourth-order valence-corrected chi connectivity index (χ4v) is 3.47. The van der Waals surface area contributed by atoms with Crippen LogP contribution in [-0.2, 0) is 9.59 Å². The molecule has 0 spiro atoms. The van der Waals surface area contributed by atoms with E-state index in [1.807, 2.05) is 30.4 Å². The van der Waals surface area contributed by atoms with Crippen LogP contribution in [0, 0.1) is 0 Å². The topological polar surface area (TPSA) is 34.1 Å². The summed E-state index contributed by atoms with van der Waals surface area (Å²) in [7, 11) is 0. The highest BCUT2D eigenvalue weighted by atomic mass is 16.1. The summed E-state index contributed by atoms with van der Waals surface area (Å²) >= 11 is 0. The van der Waals surface area contributed by atoms with Crippen molar-refractivity contribution in [3.63, 3.8) is 0 Å². The minimum absolute atomic E-state index is 0.221. The summed E-state index contributed by atoms with van der Waals surface area (Å²) in [4.78, 5) is 22.1. The lowest BCUT2D eigenvalue weighted by Crippen LogP contribution is -1.91. The molecule has 0 atom stereocenters. The molecule has 0 heterocycles. The van der Waals surface area contributed by atoms with Gasteiger partial charge in [-0.2, -0.15) is 0 Å². The molecular formula is C32H50O2. The van der Waals surface area contributed by atoms with E-state index in [0.717, 1.165) is 51.2 Å². The third-order valence-corrected chi connectivity index (χ3v) is 5.54. The van der Waals surface area contributed by atoms with Crippen molar-refractivity contribution in [3.05, 3.63) is 72.9 Å². The summed E-state index contributed by atoms with van der Waals surface area (Å²) in [5, 5.41) is 0. The number of ketones is 1. The van der Waals surface area contributed by atoms with E-state index in [1.54, 1.807) is 6.08 Å². The van der Waals surface area contributed by atoms with Gasteiger partial charge in [-0.25, -0.2) is 0 Å². The molecule has 0 aliphatic heterocycles. The van der Waals surface area contributed by atoms with Gasteiger partial charge in [0.25, 0.3) is 0 Å². The third-order valence-electron chi connectivity index (χ3n) is 5.54. The fourth-order valence-electron chi connectivity index (χ4n) is 3.47. The maximum absolute atomic E-state index is 11.9. The van der Waals surface area contributed by atoms with E-state index < -0.39 is 0 Å². The van der Waals surface area contributed by atoms with Gasteiger partial charge in [0.15, 0.2) is 5.78 Å². The number of aldehydes is 1. The standard InChI is InChI=1S/C32H50O2/c1-2-3-4-5-6-7-8-9-10-11-12-14-17-20-23-26-29-32(34)30-27-24-21-18-15-13-16-19-22-25-28-31-33/h10-12,14,16,19,21-22,24-25,27,30-31H,2-9,13,15,17-18,20,23,26,28-29H2,1H3. The molecule has 0 saturated heterocycles. The first-order valence-electron chi connectivity index (χ1n) is 13.7. The molecule has 34 heavy (non-hydrogen) atoms. The van der Waals surface area contributed by atoms with Crippen LogP contribution in [0.15, 0.2) is 72.9 Å². The zero-order chi connectivity index (χ0) is 24.8. The maximum Gasteiger partial charge on any atom is 0.155 e. The summed E-state index contributed by atoms with van der Waals surface area (Å²) in [5.41, 5.74) is 0. The van der Waals surface area contributed by atoms with Crippen molar-refractivity contribution in [3.8, 4) is 0 Å². The summed E-state index contributed by atoms with van der Waals surface area (Å²) in [5.74, 6) is 0.221. The number of rotatable bonds is 24. The highest BCUT2D eigenvalue weighted by Crippen LogP contribution is 2.09. The molecule has 0 radical (unpaired) electrons. The van der Waals surface area contributed by atoms with Crippen LogP contribution in [-0.4, -0.2) is 12.1 Å². The zero-order valence-corrected chi connectivity index (χ0v) is 21.8. The van der Waals surface area contributed by atoms with E-state index in [-0.39, 0.29) is 5.78 Å². The van der Waals surface area contributed by atoms with Gasteiger partial charge in [0, 0.05) is 12.8 Å². The summed E-state index contributed by atoms with van der Waals surface area (Å²) in [6, 6.07) is 0. The molecular weight excluding hydrogens is 416 g/mol. The van der Waals surface area contributed by atoms with Gasteiger partial charge >= 0.3 is 0 Å². The van der Waals surface area contributed by atoms with Crippen LogP contribution in [0.5, 0.6) is 0 Å². The van der Waals surface area contributed by atoms with Gasteiger partial charge in [-0.05, 0) is 57.4 Å². The van der Waals surface area contributed by atoms with Crippen molar-refractivity contribution in [1.82, 2.24) is 0 Å². The van der Waals surface area contributed by atoms with Crippen LogP contribution in [0.3, 0.4) is 0 Å². The first-order chi connectivity index (χ1) is 16.8. The minimum Gasteiger partial charge on any atom is -0.303 e. The minimum atomic E-state index is 0.221. The third kappa shape index (κ3) is 27.8. The van der Waals surface area contributed by atoms with Gasteiger partial charge in [0.05, 0.1) is 0 Å². The van der Waals surface area contributed by atoms with Crippen molar-refractivity contribution in [2.45, 2.75) is 116 Å². The van der Waals surface area contributed by atoms with Gasteiger partial charge in [0.1, 0.15) is 6.29 Å². The normalized spacial score (nSPS) is 12.6. The average Bonchev–Trinajstić information content (AvgIpc) is 2.84. The number of carbonyl (C=O) groups excluding carboxylic acids is 2. The first-order valence-corrected chi connectivity index (χ1v) is 13.7. The Morgan fingerprint density at radius 3 is 1.59 bits per heavy atom. The van der Waals surface area contributed by atoms with E-state index in [9.17, 15) is 9.59 Å². The Balaban J connectivity index is 3.51. The summed E-state index contributed by atoms with van der Waals surface area (Å²) < 4.78 is 0. The Bertz CT molecular complexity index is 631. The molecule has 0 aromatic heterocycles. The quantitative estimate of drug-likeness (QED) is 0.0614. The molecule has 0 aromatic carbocycles. The van der Waals surface area contributed by atoms with Gasteiger partial charge < -0.3 is 4.79 Å². The predicted octanol–water partition coefficient (Wildman–Crippen LogP) is 9.74. The van der Waals surface area contributed by atoms with Gasteiger partial charge in [-0.15, -0.1) is 0 Å². The fraction of sp³-hybridized carbons (Fsp3) is 0.562. The molecule has 0 N–H and O–H groups in total. The van der Waals surface area contributed by atoms with Crippen molar-refractivity contribution >= 4 is 12.1 Å². The molecule has 0 saturated carbocycles. The second kappa shape index (κ2) is 28.8. The molecule has 0 aromatic rings. The van der Waals surface area contributed by atoms with Gasteiger partial charge in [0.2, 0.25) is 0 Å². The Labute approximate surface area is 210 Å². The van der Waals surface area contributed by atoms with E-state index >= 15 is 0 Å². The van der Waals surface area contributed by atoms with Gasteiger partial charge in [-0.3, -0.25) is 4.79 Å². The molecule has 0 aliphatic rings. The van der Waals surface area contributed by atoms with E-state index in [4.69, 9.17) is 0 Å². The van der Waals surface area contributed by atoms with Crippen LogP contribution in [0.1, 0.15) is 116 Å². The van der Waals surface area contributed by atoms with Crippen LogP contribution in [0.4, 0.5) is 0 Å². The molecule has 0 bridgehead atoms. The second-order valence-corrected chi connectivity index (χ2v) is 8.81. The number of allylic oxidation sites excluding steroid dienone is 12. The molecule has 0 fully saturated rings. The molecule has 0 rings (SSSR count). The van der Waals surface area contributed by atoms with Crippen LogP contribution in [0.25, 0.3) is 0 Å². The van der Waals surface area contributed by atoms with Crippen molar-refractivity contribution < 1.29 is 9.59 Å². The Hall–Kier alpha value is -2.22. The Kier molecular flexibility index (Phi) is 26.9. The Morgan fingerprint density at radius 1 is 0.529 bits per heavy atom. The molecule has 190 valence electrons. The largest absolute Gasteiger partial charge is 0.303 e. The van der Waals surface area contributed by atoms with E-state index in [0.29, 0.717) is 12.8 Å². The maximum atomic E-state index is 11.9. The monoisotopic (exact) mass is 466 g/mol. The first kappa shape index (κ1) is 31.8. The zero-order valence-electron chi connectivity index (χ0n) is 21.8. The molecule has 2 heteroatoms. The van der Waals surface area contributed by atoms with Crippen LogP contribution < -0.4 is 0 Å². The second-order valence-electron chi connectivity index (χ2n) is 8.81. The predicted molar refractivity (Wildman–Crippen MR) is 150 cm³/mol. The Morgan fingerprint density at radius 2 is 1.00 bits per heavy atom. The summed E-state index contributed by atoms with van der Waals surface area (Å²) in [6.45, 7) is 2.27. The number of hydrogen-bond acceptors (Lipinski definition) is 2. The van der Waals surface area contributed by atoms with Crippen molar-refractivity contribution in [2.75, 3.05) is 0 Å². The van der Waals surface area contributed by atoms with Crippen molar-refractivity contribution in [2.24, 2.45) is 0 Å². The number of hydrogen-bond donors (Lipinski definition) is 0. The lowest BCUT2D eigenvalue weighted by Gasteiger charge is -1.98. The average molecular weight is 467 g/mol.